The molecule has 1 aliphatic rings. The minimum atomic E-state index is -4.37. The topological polar surface area (TPSA) is 64.2 Å². The van der Waals surface area contributed by atoms with E-state index < -0.39 is 11.7 Å². The van der Waals surface area contributed by atoms with Crippen molar-refractivity contribution in [3.63, 3.8) is 0 Å². The van der Waals surface area contributed by atoms with Gasteiger partial charge in [-0.05, 0) is 38.0 Å². The first-order valence-electron chi connectivity index (χ1n) is 7.82. The molecule has 1 aromatic heterocycles. The number of imidazole rings is 1. The van der Waals surface area contributed by atoms with Crippen molar-refractivity contribution in [2.75, 3.05) is 19.6 Å². The number of aryl methyl sites for hydroxylation is 1. The van der Waals surface area contributed by atoms with Crippen molar-refractivity contribution in [3.05, 3.63) is 29.6 Å². The van der Waals surface area contributed by atoms with Crippen LogP contribution in [0.3, 0.4) is 0 Å². The van der Waals surface area contributed by atoms with Gasteiger partial charge in [-0.1, -0.05) is 0 Å². The van der Waals surface area contributed by atoms with E-state index in [0.29, 0.717) is 16.9 Å². The molecule has 0 atom stereocenters. The lowest BCUT2D eigenvalue weighted by Gasteiger charge is -2.32. The number of halogens is 3. The van der Waals surface area contributed by atoms with Gasteiger partial charge in [-0.2, -0.15) is 13.2 Å². The monoisotopic (exact) mass is 340 g/mol. The molecule has 0 aliphatic carbocycles. The largest absolute Gasteiger partial charge is 0.416 e. The number of alkyl halides is 3. The summed E-state index contributed by atoms with van der Waals surface area (Å²) >= 11 is 0. The minimum absolute atomic E-state index is 0.163. The molecule has 1 saturated heterocycles. The summed E-state index contributed by atoms with van der Waals surface area (Å²) in [6, 6.07) is 3.85. The minimum Gasteiger partial charge on any atom is -0.369 e. The van der Waals surface area contributed by atoms with Crippen LogP contribution in [0.15, 0.2) is 18.2 Å². The van der Waals surface area contributed by atoms with Crippen molar-refractivity contribution in [2.45, 2.75) is 32.0 Å². The number of aromatic nitrogens is 2. The standard InChI is InChI=1S/C16H19F3N4O/c1-10-21-13-8-11(16(17,18)19)2-3-14(13)23(10)12-4-6-22(7-5-12)9-15(20)24/h2-3,8,12H,4-7,9H2,1H3,(H2,20,24). The van der Waals surface area contributed by atoms with Crippen molar-refractivity contribution in [3.8, 4) is 0 Å². The van der Waals surface area contributed by atoms with Gasteiger partial charge in [-0.25, -0.2) is 4.98 Å². The second-order valence-corrected chi connectivity index (χ2v) is 6.20. The number of amides is 1. The van der Waals surface area contributed by atoms with E-state index in [1.54, 1.807) is 0 Å². The van der Waals surface area contributed by atoms with Gasteiger partial charge in [-0.3, -0.25) is 9.69 Å². The quantitative estimate of drug-likeness (QED) is 0.934. The number of likely N-dealkylation sites (tertiary alicyclic amines) is 1. The smallest absolute Gasteiger partial charge is 0.369 e. The van der Waals surface area contributed by atoms with Gasteiger partial charge in [0.2, 0.25) is 5.91 Å². The molecule has 8 heteroatoms. The molecule has 5 nitrogen and oxygen atoms in total. The zero-order valence-corrected chi connectivity index (χ0v) is 13.3. The van der Waals surface area contributed by atoms with E-state index >= 15 is 0 Å². The maximum Gasteiger partial charge on any atom is 0.416 e. The van der Waals surface area contributed by atoms with Crippen molar-refractivity contribution in [2.24, 2.45) is 5.73 Å². The number of carbonyl (C=O) groups excluding carboxylic acids is 1. The highest BCUT2D eigenvalue weighted by atomic mass is 19.4. The molecule has 0 bridgehead atoms. The fourth-order valence-corrected chi connectivity index (χ4v) is 3.41. The van der Waals surface area contributed by atoms with Crippen LogP contribution in [0.1, 0.15) is 30.3 Å². The van der Waals surface area contributed by atoms with E-state index in [4.69, 9.17) is 5.73 Å². The number of rotatable bonds is 3. The molecule has 1 aliphatic heterocycles. The van der Waals surface area contributed by atoms with Gasteiger partial charge < -0.3 is 10.3 Å². The van der Waals surface area contributed by atoms with Gasteiger partial charge in [0.1, 0.15) is 5.82 Å². The summed E-state index contributed by atoms with van der Waals surface area (Å²) in [4.78, 5) is 17.3. The number of nitrogens with zero attached hydrogens (tertiary/aromatic N) is 3. The van der Waals surface area contributed by atoms with Crippen LogP contribution < -0.4 is 5.73 Å². The molecular weight excluding hydrogens is 321 g/mol. The Labute approximate surface area is 137 Å². The van der Waals surface area contributed by atoms with Gasteiger partial charge in [-0.15, -0.1) is 0 Å². The Hall–Kier alpha value is -2.09. The van der Waals surface area contributed by atoms with Crippen molar-refractivity contribution < 1.29 is 18.0 Å². The van der Waals surface area contributed by atoms with Crippen LogP contribution in [0.25, 0.3) is 11.0 Å². The van der Waals surface area contributed by atoms with Gasteiger partial charge in [0, 0.05) is 19.1 Å². The van der Waals surface area contributed by atoms with Gasteiger partial charge in [0.15, 0.2) is 0 Å². The predicted octanol–water partition coefficient (Wildman–Crippen LogP) is 2.49. The third-order valence-corrected chi connectivity index (χ3v) is 4.49. The zero-order valence-electron chi connectivity index (χ0n) is 13.3. The van der Waals surface area contributed by atoms with Crippen LogP contribution in [0, 0.1) is 6.92 Å². The third kappa shape index (κ3) is 3.24. The highest BCUT2D eigenvalue weighted by Gasteiger charge is 2.31. The highest BCUT2D eigenvalue weighted by molar-refractivity contribution is 5.77. The molecule has 1 fully saturated rings. The lowest BCUT2D eigenvalue weighted by molar-refractivity contribution is -0.137. The average Bonchev–Trinajstić information content (AvgIpc) is 2.81. The summed E-state index contributed by atoms with van der Waals surface area (Å²) in [5, 5.41) is 0. The normalized spacial score (nSPS) is 17.5. The molecular formula is C16H19F3N4O. The van der Waals surface area contributed by atoms with Crippen molar-refractivity contribution in [1.82, 2.24) is 14.5 Å². The highest BCUT2D eigenvalue weighted by Crippen LogP contribution is 2.33. The molecule has 1 amide bonds. The summed E-state index contributed by atoms with van der Waals surface area (Å²) in [7, 11) is 0. The van der Waals surface area contributed by atoms with Crippen LogP contribution in [0.4, 0.5) is 13.2 Å². The third-order valence-electron chi connectivity index (χ3n) is 4.49. The average molecular weight is 340 g/mol. The lowest BCUT2D eigenvalue weighted by atomic mass is 10.0. The molecule has 130 valence electrons. The number of hydrogen-bond acceptors (Lipinski definition) is 3. The molecule has 1 aromatic carbocycles. The Morgan fingerprint density at radius 1 is 1.33 bits per heavy atom. The summed E-state index contributed by atoms with van der Waals surface area (Å²) in [5.74, 6) is 0.357. The summed E-state index contributed by atoms with van der Waals surface area (Å²) < 4.78 is 40.6. The Balaban J connectivity index is 1.85. The molecule has 2 aromatic rings. The van der Waals surface area contributed by atoms with Crippen LogP contribution >= 0.6 is 0 Å². The van der Waals surface area contributed by atoms with Crippen LogP contribution in [-0.2, 0) is 11.0 Å². The number of piperidine rings is 1. The summed E-state index contributed by atoms with van der Waals surface area (Å²) in [6.45, 7) is 3.51. The summed E-state index contributed by atoms with van der Waals surface area (Å²) in [5.41, 5.74) is 5.61. The van der Waals surface area contributed by atoms with E-state index in [1.165, 1.54) is 6.07 Å². The van der Waals surface area contributed by atoms with E-state index in [-0.39, 0.29) is 18.5 Å². The molecule has 24 heavy (non-hydrogen) atoms. The molecule has 2 N–H and O–H groups in total. The molecule has 2 heterocycles. The second kappa shape index (κ2) is 6.08. The number of hydrogen-bond donors (Lipinski definition) is 1. The Kier molecular flexibility index (Phi) is 4.25. The van der Waals surface area contributed by atoms with Gasteiger partial charge in [0.05, 0.1) is 23.1 Å². The molecule has 0 radical (unpaired) electrons. The number of primary amides is 1. The first-order chi connectivity index (χ1) is 11.3. The van der Waals surface area contributed by atoms with Crippen LogP contribution in [-0.4, -0.2) is 40.0 Å². The molecule has 0 saturated carbocycles. The molecule has 3 rings (SSSR count). The fourth-order valence-electron chi connectivity index (χ4n) is 3.41. The number of fused-ring (bicyclic) bond motifs is 1. The number of benzene rings is 1. The first-order valence-corrected chi connectivity index (χ1v) is 7.82. The van der Waals surface area contributed by atoms with Crippen molar-refractivity contribution >= 4 is 16.9 Å². The van der Waals surface area contributed by atoms with Gasteiger partial charge >= 0.3 is 6.18 Å². The van der Waals surface area contributed by atoms with E-state index in [0.717, 1.165) is 38.1 Å². The maximum atomic E-state index is 12.8. The van der Waals surface area contributed by atoms with Crippen LogP contribution in [0.2, 0.25) is 0 Å². The molecule has 0 unspecified atom stereocenters. The SMILES string of the molecule is Cc1nc2cc(C(F)(F)F)ccc2n1C1CCN(CC(N)=O)CC1. The predicted molar refractivity (Wildman–Crippen MR) is 83.4 cm³/mol. The Morgan fingerprint density at radius 2 is 2.00 bits per heavy atom. The van der Waals surface area contributed by atoms with Crippen LogP contribution in [0.5, 0.6) is 0 Å². The van der Waals surface area contributed by atoms with E-state index in [9.17, 15) is 18.0 Å². The Bertz CT molecular complexity index is 761. The first kappa shape index (κ1) is 16.8. The fraction of sp³-hybridized carbons (Fsp3) is 0.500. The lowest BCUT2D eigenvalue weighted by Crippen LogP contribution is -2.40. The van der Waals surface area contributed by atoms with E-state index in [2.05, 4.69) is 4.98 Å². The Morgan fingerprint density at radius 3 is 2.58 bits per heavy atom. The zero-order chi connectivity index (χ0) is 17.5. The molecule has 0 spiro atoms. The second-order valence-electron chi connectivity index (χ2n) is 6.20. The number of nitrogens with two attached hydrogens (primary N) is 1. The summed E-state index contributed by atoms with van der Waals surface area (Å²) in [6.07, 6.45) is -2.76. The van der Waals surface area contributed by atoms with E-state index in [1.807, 2.05) is 16.4 Å². The maximum absolute atomic E-state index is 12.8. The van der Waals surface area contributed by atoms with Gasteiger partial charge in [0.25, 0.3) is 0 Å². The van der Waals surface area contributed by atoms with Crippen molar-refractivity contribution in [1.29, 1.82) is 0 Å². The number of carbonyl (C=O) groups is 1.